The lowest BCUT2D eigenvalue weighted by atomic mass is 10.1. The lowest BCUT2D eigenvalue weighted by Crippen LogP contribution is -2.22. The van der Waals surface area contributed by atoms with Crippen molar-refractivity contribution in [3.63, 3.8) is 0 Å². The molecule has 0 unspecified atom stereocenters. The first kappa shape index (κ1) is 20.6. The van der Waals surface area contributed by atoms with Crippen LogP contribution in [0, 0.1) is 0 Å². The molecule has 31 heavy (non-hydrogen) atoms. The predicted molar refractivity (Wildman–Crippen MR) is 119 cm³/mol. The molecular weight excluding hydrogens is 416 g/mol. The molecule has 0 aliphatic heterocycles. The highest BCUT2D eigenvalue weighted by atomic mass is 32.1. The van der Waals surface area contributed by atoms with Gasteiger partial charge in [-0.3, -0.25) is 9.59 Å². The third-order valence-corrected chi connectivity index (χ3v) is 6.01. The summed E-state index contributed by atoms with van der Waals surface area (Å²) in [5.41, 5.74) is 1.13. The fourth-order valence-electron chi connectivity index (χ4n) is 3.31. The summed E-state index contributed by atoms with van der Waals surface area (Å²) in [5.74, 6) is 0.0850. The van der Waals surface area contributed by atoms with Gasteiger partial charge in [0.2, 0.25) is 0 Å². The molecule has 1 heterocycles. The van der Waals surface area contributed by atoms with Crippen molar-refractivity contribution in [3.05, 3.63) is 65.0 Å². The molecule has 0 saturated heterocycles. The quantitative estimate of drug-likeness (QED) is 0.445. The number of benzene rings is 3. The monoisotopic (exact) mass is 436 g/mol. The Morgan fingerprint density at radius 2 is 1.68 bits per heavy atom. The van der Waals surface area contributed by atoms with Crippen LogP contribution in [0.1, 0.15) is 10.4 Å². The van der Waals surface area contributed by atoms with E-state index < -0.39 is 11.9 Å². The smallest absolute Gasteiger partial charge is 0.325 e. The molecule has 0 aliphatic rings. The highest BCUT2D eigenvalue weighted by molar-refractivity contribution is 7.17. The van der Waals surface area contributed by atoms with Crippen LogP contribution in [0.2, 0.25) is 0 Å². The molecule has 0 fully saturated rings. The van der Waals surface area contributed by atoms with E-state index in [1.807, 2.05) is 36.4 Å². The molecule has 0 aliphatic carbocycles. The van der Waals surface area contributed by atoms with E-state index in [0.29, 0.717) is 21.9 Å². The minimum atomic E-state index is -0.466. The minimum Gasteiger partial charge on any atom is -0.497 e. The fourth-order valence-corrected chi connectivity index (χ4v) is 4.48. The minimum absolute atomic E-state index is 0.0532. The van der Waals surface area contributed by atoms with E-state index in [9.17, 15) is 9.59 Å². The number of ether oxygens (including phenoxy) is 3. The summed E-state index contributed by atoms with van der Waals surface area (Å²) in [6.07, 6.45) is 0. The summed E-state index contributed by atoms with van der Waals surface area (Å²) in [6, 6.07) is 16.7. The van der Waals surface area contributed by atoms with Crippen LogP contribution in [0.5, 0.6) is 11.5 Å². The summed E-state index contributed by atoms with van der Waals surface area (Å²) in [6.45, 7) is -0.0532. The molecule has 158 valence electrons. The van der Waals surface area contributed by atoms with E-state index in [2.05, 4.69) is 4.99 Å². The second-order valence-corrected chi connectivity index (χ2v) is 7.68. The summed E-state index contributed by atoms with van der Waals surface area (Å²) >= 11 is 1.35. The Hall–Kier alpha value is -3.65. The summed E-state index contributed by atoms with van der Waals surface area (Å²) in [5, 5.41) is 2.09. The first-order chi connectivity index (χ1) is 15.0. The van der Waals surface area contributed by atoms with Crippen LogP contribution >= 0.6 is 11.3 Å². The van der Waals surface area contributed by atoms with Crippen LogP contribution < -0.4 is 14.3 Å². The molecule has 0 bridgehead atoms. The standard InChI is InChI=1S/C23H20N2O5S/c1-28-16-10-15(11-17(12-16)29-2)22(27)24-23-25(13-20(26)30-3)19-9-8-14-6-4-5-7-18(14)21(19)31-23/h4-12H,13H2,1-3H3. The predicted octanol–water partition coefficient (Wildman–Crippen LogP) is 3.79. The van der Waals surface area contributed by atoms with E-state index in [0.717, 1.165) is 21.0 Å². The van der Waals surface area contributed by atoms with Crippen LogP contribution in [-0.2, 0) is 16.1 Å². The molecule has 4 aromatic rings. The zero-order chi connectivity index (χ0) is 22.0. The van der Waals surface area contributed by atoms with Gasteiger partial charge in [-0.25, -0.2) is 0 Å². The first-order valence-electron chi connectivity index (χ1n) is 9.44. The van der Waals surface area contributed by atoms with Gasteiger partial charge in [0.15, 0.2) is 4.80 Å². The Labute approximate surface area is 182 Å². The second kappa shape index (κ2) is 8.61. The van der Waals surface area contributed by atoms with E-state index in [1.54, 1.807) is 22.8 Å². The Bertz CT molecular complexity index is 1350. The number of nitrogens with zero attached hydrogens (tertiary/aromatic N) is 2. The number of carbonyl (C=O) groups is 2. The maximum absolute atomic E-state index is 13.0. The number of methoxy groups -OCH3 is 3. The fraction of sp³-hybridized carbons (Fsp3) is 0.174. The Balaban J connectivity index is 1.92. The molecular formula is C23H20N2O5S. The first-order valence-corrected chi connectivity index (χ1v) is 10.3. The molecule has 0 atom stereocenters. The number of fused-ring (bicyclic) bond motifs is 3. The number of aromatic nitrogens is 1. The molecule has 7 nitrogen and oxygen atoms in total. The number of rotatable bonds is 5. The highest BCUT2D eigenvalue weighted by Gasteiger charge is 2.15. The second-order valence-electron chi connectivity index (χ2n) is 6.70. The highest BCUT2D eigenvalue weighted by Crippen LogP contribution is 2.28. The zero-order valence-electron chi connectivity index (χ0n) is 17.2. The van der Waals surface area contributed by atoms with Gasteiger partial charge in [0.05, 0.1) is 31.5 Å². The Morgan fingerprint density at radius 3 is 2.35 bits per heavy atom. The molecule has 0 saturated carbocycles. The van der Waals surface area contributed by atoms with E-state index in [4.69, 9.17) is 14.2 Å². The van der Waals surface area contributed by atoms with Crippen LogP contribution in [0.25, 0.3) is 21.0 Å². The van der Waals surface area contributed by atoms with Crippen LogP contribution in [0.3, 0.4) is 0 Å². The molecule has 0 spiro atoms. The average Bonchev–Trinajstić information content (AvgIpc) is 3.15. The number of thiazole rings is 1. The molecule has 0 radical (unpaired) electrons. The van der Waals surface area contributed by atoms with Gasteiger partial charge < -0.3 is 18.8 Å². The van der Waals surface area contributed by atoms with Crippen molar-refractivity contribution in [1.82, 2.24) is 4.57 Å². The summed E-state index contributed by atoms with van der Waals surface area (Å²) in [4.78, 5) is 29.8. The number of carbonyl (C=O) groups excluding carboxylic acids is 2. The van der Waals surface area contributed by atoms with Crippen molar-refractivity contribution < 1.29 is 23.8 Å². The third-order valence-electron chi connectivity index (χ3n) is 4.88. The average molecular weight is 436 g/mol. The zero-order valence-corrected chi connectivity index (χ0v) is 18.1. The normalized spacial score (nSPS) is 11.6. The van der Waals surface area contributed by atoms with Gasteiger partial charge in [-0.05, 0) is 23.6 Å². The number of hydrogen-bond acceptors (Lipinski definition) is 6. The van der Waals surface area contributed by atoms with Crippen LogP contribution in [-0.4, -0.2) is 37.8 Å². The number of hydrogen-bond donors (Lipinski definition) is 0. The van der Waals surface area contributed by atoms with Gasteiger partial charge in [0.1, 0.15) is 18.0 Å². The van der Waals surface area contributed by atoms with E-state index in [1.165, 1.54) is 32.7 Å². The maximum Gasteiger partial charge on any atom is 0.325 e. The molecule has 1 aromatic heterocycles. The summed E-state index contributed by atoms with van der Waals surface area (Å²) < 4.78 is 18.0. The van der Waals surface area contributed by atoms with Crippen molar-refractivity contribution in [1.29, 1.82) is 0 Å². The molecule has 0 N–H and O–H groups in total. The molecule has 8 heteroatoms. The van der Waals surface area contributed by atoms with Gasteiger partial charge >= 0.3 is 5.97 Å². The molecule has 1 amide bonds. The largest absolute Gasteiger partial charge is 0.497 e. The lowest BCUT2D eigenvalue weighted by Gasteiger charge is -2.06. The van der Waals surface area contributed by atoms with Gasteiger partial charge in [-0.15, -0.1) is 0 Å². The topological polar surface area (TPSA) is 79.1 Å². The number of esters is 1. The van der Waals surface area contributed by atoms with Crippen LogP contribution in [0.15, 0.2) is 59.6 Å². The Morgan fingerprint density at radius 1 is 0.968 bits per heavy atom. The van der Waals surface area contributed by atoms with Gasteiger partial charge in [0.25, 0.3) is 5.91 Å². The maximum atomic E-state index is 13.0. The Kier molecular flexibility index (Phi) is 5.73. The van der Waals surface area contributed by atoms with Gasteiger partial charge in [-0.1, -0.05) is 41.7 Å². The van der Waals surface area contributed by atoms with E-state index in [-0.39, 0.29) is 6.54 Å². The van der Waals surface area contributed by atoms with E-state index >= 15 is 0 Å². The number of amides is 1. The van der Waals surface area contributed by atoms with Crippen molar-refractivity contribution >= 4 is 44.2 Å². The SMILES string of the molecule is COC(=O)Cn1c(=NC(=O)c2cc(OC)cc(OC)c2)sc2c3ccccc3ccc21. The van der Waals surface area contributed by atoms with Crippen molar-refractivity contribution in [2.24, 2.45) is 4.99 Å². The third kappa shape index (κ3) is 4.02. The lowest BCUT2D eigenvalue weighted by molar-refractivity contribution is -0.141. The molecule has 3 aromatic carbocycles. The van der Waals surface area contributed by atoms with Crippen molar-refractivity contribution in [3.8, 4) is 11.5 Å². The van der Waals surface area contributed by atoms with Crippen molar-refractivity contribution in [2.45, 2.75) is 6.54 Å². The van der Waals surface area contributed by atoms with Gasteiger partial charge in [-0.2, -0.15) is 4.99 Å². The van der Waals surface area contributed by atoms with Crippen molar-refractivity contribution in [2.75, 3.05) is 21.3 Å². The summed E-state index contributed by atoms with van der Waals surface area (Å²) in [7, 11) is 4.36. The molecule has 4 rings (SSSR count). The van der Waals surface area contributed by atoms with Gasteiger partial charge in [0, 0.05) is 17.0 Å². The van der Waals surface area contributed by atoms with Crippen LogP contribution in [0.4, 0.5) is 0 Å².